The van der Waals surface area contributed by atoms with Gasteiger partial charge in [-0.3, -0.25) is 9.78 Å². The van der Waals surface area contributed by atoms with Crippen LogP contribution < -0.4 is 0 Å². The summed E-state index contributed by atoms with van der Waals surface area (Å²) >= 11 is 0. The number of hydrogen-bond acceptors (Lipinski definition) is 3. The Morgan fingerprint density at radius 3 is 2.87 bits per heavy atom. The van der Waals surface area contributed by atoms with Crippen molar-refractivity contribution in [2.75, 3.05) is 20.2 Å². The molecule has 0 aliphatic carbocycles. The minimum atomic E-state index is 0.0412. The monoisotopic (exact) mass is 206 g/mol. The molecule has 2 rings (SSSR count). The van der Waals surface area contributed by atoms with E-state index in [1.54, 1.807) is 24.4 Å². The quantitative estimate of drug-likeness (QED) is 0.720. The van der Waals surface area contributed by atoms with Crippen molar-refractivity contribution in [2.24, 2.45) is 0 Å². The number of ether oxygens (including phenoxy) is 1. The Kier molecular flexibility index (Phi) is 2.68. The van der Waals surface area contributed by atoms with Gasteiger partial charge in [0.15, 0.2) is 0 Å². The van der Waals surface area contributed by atoms with Crippen LogP contribution in [0.3, 0.4) is 0 Å². The molecular weight excluding hydrogens is 192 g/mol. The predicted octanol–water partition coefficient (Wildman–Crippen LogP) is 0.861. The van der Waals surface area contributed by atoms with Gasteiger partial charge in [0.2, 0.25) is 0 Å². The minimum Gasteiger partial charge on any atom is -0.378 e. The molecular formula is C11H14N2O2. The van der Waals surface area contributed by atoms with Crippen molar-refractivity contribution in [1.29, 1.82) is 0 Å². The lowest BCUT2D eigenvalue weighted by Gasteiger charge is -2.38. The smallest absolute Gasteiger partial charge is 0.255 e. The lowest BCUT2D eigenvalue weighted by molar-refractivity contribution is -0.0192. The van der Waals surface area contributed by atoms with E-state index in [9.17, 15) is 4.79 Å². The zero-order chi connectivity index (χ0) is 10.8. The SMILES string of the molecule is COC1CN(C(=O)c2cncc(C)c2)C1. The fourth-order valence-electron chi connectivity index (χ4n) is 1.61. The second-order valence-electron chi connectivity index (χ2n) is 3.82. The van der Waals surface area contributed by atoms with Gasteiger partial charge in [0.05, 0.1) is 11.7 Å². The number of aryl methyl sites for hydroxylation is 1. The fourth-order valence-corrected chi connectivity index (χ4v) is 1.61. The first kappa shape index (κ1) is 10.1. The molecule has 1 aliphatic rings. The molecule has 0 saturated carbocycles. The van der Waals surface area contributed by atoms with Gasteiger partial charge in [0, 0.05) is 32.6 Å². The molecule has 1 aliphatic heterocycles. The summed E-state index contributed by atoms with van der Waals surface area (Å²) in [4.78, 5) is 17.6. The molecule has 15 heavy (non-hydrogen) atoms. The maximum absolute atomic E-state index is 11.9. The van der Waals surface area contributed by atoms with Crippen LogP contribution in [0.15, 0.2) is 18.5 Å². The van der Waals surface area contributed by atoms with Crippen molar-refractivity contribution >= 4 is 5.91 Å². The van der Waals surface area contributed by atoms with Gasteiger partial charge in [0.25, 0.3) is 5.91 Å². The lowest BCUT2D eigenvalue weighted by atomic mass is 10.1. The number of hydrogen-bond donors (Lipinski definition) is 0. The van der Waals surface area contributed by atoms with E-state index in [0.29, 0.717) is 18.7 Å². The Morgan fingerprint density at radius 1 is 1.53 bits per heavy atom. The molecule has 0 bridgehead atoms. The second kappa shape index (κ2) is 3.98. The largest absolute Gasteiger partial charge is 0.378 e. The molecule has 0 aromatic carbocycles. The van der Waals surface area contributed by atoms with E-state index >= 15 is 0 Å². The molecule has 1 fully saturated rings. The molecule has 80 valence electrons. The third kappa shape index (κ3) is 1.99. The number of carbonyl (C=O) groups is 1. The van der Waals surface area contributed by atoms with Crippen molar-refractivity contribution in [3.05, 3.63) is 29.6 Å². The van der Waals surface area contributed by atoms with Gasteiger partial charge in [-0.1, -0.05) is 0 Å². The van der Waals surface area contributed by atoms with E-state index in [2.05, 4.69) is 4.98 Å². The van der Waals surface area contributed by atoms with Crippen LogP contribution in [0.4, 0.5) is 0 Å². The summed E-state index contributed by atoms with van der Waals surface area (Å²) in [7, 11) is 1.67. The van der Waals surface area contributed by atoms with Gasteiger partial charge in [-0.15, -0.1) is 0 Å². The fraction of sp³-hybridized carbons (Fsp3) is 0.455. The predicted molar refractivity (Wildman–Crippen MR) is 55.7 cm³/mol. The van der Waals surface area contributed by atoms with E-state index in [1.807, 2.05) is 13.0 Å². The van der Waals surface area contributed by atoms with E-state index in [4.69, 9.17) is 4.74 Å². The summed E-state index contributed by atoms with van der Waals surface area (Å²) in [6, 6.07) is 1.86. The highest BCUT2D eigenvalue weighted by molar-refractivity contribution is 5.94. The molecule has 1 amide bonds. The summed E-state index contributed by atoms with van der Waals surface area (Å²) in [5, 5.41) is 0. The summed E-state index contributed by atoms with van der Waals surface area (Å²) in [6.07, 6.45) is 3.55. The summed E-state index contributed by atoms with van der Waals surface area (Å²) in [5.41, 5.74) is 1.66. The van der Waals surface area contributed by atoms with Crippen LogP contribution >= 0.6 is 0 Å². The van der Waals surface area contributed by atoms with Gasteiger partial charge in [-0.25, -0.2) is 0 Å². The molecule has 0 atom stereocenters. The number of nitrogens with zero attached hydrogens (tertiary/aromatic N) is 2. The van der Waals surface area contributed by atoms with Crippen LogP contribution in [-0.2, 0) is 4.74 Å². The first-order valence-electron chi connectivity index (χ1n) is 4.94. The van der Waals surface area contributed by atoms with Gasteiger partial charge >= 0.3 is 0 Å². The van der Waals surface area contributed by atoms with Crippen LogP contribution in [-0.4, -0.2) is 42.1 Å². The van der Waals surface area contributed by atoms with E-state index in [0.717, 1.165) is 5.56 Å². The number of aromatic nitrogens is 1. The van der Waals surface area contributed by atoms with Crippen molar-refractivity contribution in [3.63, 3.8) is 0 Å². The zero-order valence-electron chi connectivity index (χ0n) is 8.93. The maximum Gasteiger partial charge on any atom is 0.255 e. The molecule has 1 saturated heterocycles. The Hall–Kier alpha value is -1.42. The lowest BCUT2D eigenvalue weighted by Crippen LogP contribution is -2.54. The van der Waals surface area contributed by atoms with Crippen molar-refractivity contribution in [1.82, 2.24) is 9.88 Å². The molecule has 4 nitrogen and oxygen atoms in total. The van der Waals surface area contributed by atoms with Crippen LogP contribution in [0.1, 0.15) is 15.9 Å². The number of carbonyl (C=O) groups excluding carboxylic acids is 1. The molecule has 0 unspecified atom stereocenters. The first-order chi connectivity index (χ1) is 7.20. The third-order valence-corrected chi connectivity index (χ3v) is 2.59. The Bertz CT molecular complexity index is 373. The Labute approximate surface area is 88.9 Å². The number of methoxy groups -OCH3 is 1. The summed E-state index contributed by atoms with van der Waals surface area (Å²) in [6.45, 7) is 3.30. The number of likely N-dealkylation sites (tertiary alicyclic amines) is 1. The molecule has 4 heteroatoms. The van der Waals surface area contributed by atoms with Crippen LogP contribution in [0.5, 0.6) is 0 Å². The number of amides is 1. The van der Waals surface area contributed by atoms with Crippen molar-refractivity contribution < 1.29 is 9.53 Å². The van der Waals surface area contributed by atoms with E-state index in [-0.39, 0.29) is 12.0 Å². The van der Waals surface area contributed by atoms with Gasteiger partial charge in [-0.2, -0.15) is 0 Å². The van der Waals surface area contributed by atoms with Gasteiger partial charge in [-0.05, 0) is 18.6 Å². The first-order valence-corrected chi connectivity index (χ1v) is 4.94. The van der Waals surface area contributed by atoms with E-state index in [1.165, 1.54) is 0 Å². The van der Waals surface area contributed by atoms with Gasteiger partial charge < -0.3 is 9.64 Å². The van der Waals surface area contributed by atoms with E-state index < -0.39 is 0 Å². The average Bonchev–Trinajstić information content (AvgIpc) is 2.16. The summed E-state index contributed by atoms with van der Waals surface area (Å²) in [5.74, 6) is 0.0412. The molecule has 0 spiro atoms. The molecule has 0 radical (unpaired) electrons. The van der Waals surface area contributed by atoms with Crippen LogP contribution in [0, 0.1) is 6.92 Å². The van der Waals surface area contributed by atoms with Crippen LogP contribution in [0.25, 0.3) is 0 Å². The number of rotatable bonds is 2. The second-order valence-corrected chi connectivity index (χ2v) is 3.82. The minimum absolute atomic E-state index is 0.0412. The maximum atomic E-state index is 11.9. The normalized spacial score (nSPS) is 16.3. The topological polar surface area (TPSA) is 42.4 Å². The zero-order valence-corrected chi connectivity index (χ0v) is 8.93. The molecule has 1 aromatic heterocycles. The molecule has 1 aromatic rings. The van der Waals surface area contributed by atoms with Crippen molar-refractivity contribution in [3.8, 4) is 0 Å². The summed E-state index contributed by atoms with van der Waals surface area (Å²) < 4.78 is 5.12. The Balaban J connectivity index is 2.03. The highest BCUT2D eigenvalue weighted by atomic mass is 16.5. The van der Waals surface area contributed by atoms with Crippen LogP contribution in [0.2, 0.25) is 0 Å². The molecule has 2 heterocycles. The number of pyridine rings is 1. The third-order valence-electron chi connectivity index (χ3n) is 2.59. The highest BCUT2D eigenvalue weighted by Crippen LogP contribution is 2.15. The molecule has 0 N–H and O–H groups in total. The highest BCUT2D eigenvalue weighted by Gasteiger charge is 2.31. The van der Waals surface area contributed by atoms with Crippen molar-refractivity contribution in [2.45, 2.75) is 13.0 Å². The van der Waals surface area contributed by atoms with Gasteiger partial charge in [0.1, 0.15) is 0 Å². The average molecular weight is 206 g/mol. The Morgan fingerprint density at radius 2 is 2.27 bits per heavy atom. The standard InChI is InChI=1S/C11H14N2O2/c1-8-3-9(5-12-4-8)11(14)13-6-10(7-13)15-2/h3-5,10H,6-7H2,1-2H3.